The van der Waals surface area contributed by atoms with Crippen LogP contribution in [-0.4, -0.2) is 42.6 Å². The fourth-order valence-corrected chi connectivity index (χ4v) is 3.29. The molecule has 1 atom stereocenters. The molecule has 0 bridgehead atoms. The summed E-state index contributed by atoms with van der Waals surface area (Å²) < 4.78 is 5.67. The summed E-state index contributed by atoms with van der Waals surface area (Å²) in [6, 6.07) is 8.05. The van der Waals surface area contributed by atoms with Crippen molar-refractivity contribution in [3.63, 3.8) is 0 Å². The van der Waals surface area contributed by atoms with Crippen LogP contribution in [0.1, 0.15) is 30.9 Å². The van der Waals surface area contributed by atoms with Crippen molar-refractivity contribution in [1.29, 1.82) is 0 Å². The maximum absolute atomic E-state index is 12.4. The Kier molecular flexibility index (Phi) is 6.84. The Labute approximate surface area is 160 Å². The number of amides is 1. The van der Waals surface area contributed by atoms with E-state index in [-0.39, 0.29) is 11.8 Å². The molecule has 2 heterocycles. The normalized spacial score (nSPS) is 20.8. The van der Waals surface area contributed by atoms with Gasteiger partial charge in [0.1, 0.15) is 5.84 Å². The third-order valence-electron chi connectivity index (χ3n) is 5.06. The second kappa shape index (κ2) is 9.53. The number of nitrogens with zero attached hydrogens (tertiary/aromatic N) is 2. The fourth-order valence-electron chi connectivity index (χ4n) is 3.29. The van der Waals surface area contributed by atoms with E-state index in [9.17, 15) is 4.79 Å². The lowest BCUT2D eigenvalue weighted by atomic mass is 9.96. The van der Waals surface area contributed by atoms with Gasteiger partial charge in [0, 0.05) is 18.7 Å². The summed E-state index contributed by atoms with van der Waals surface area (Å²) in [7, 11) is 0. The standard InChI is InChI=1S/C20H29N5O2/c1-2-25-11-8-17(9-12-25)19(26)23-13-15-3-5-16(6-4-15)14-27-20-22-10-7-18(21)24-20/h3-7,10,17,20,22H,2,8-9,11-14H2,1H3,(H2,21,24)(H,23,26). The average Bonchev–Trinajstić information content (AvgIpc) is 2.71. The molecule has 0 aliphatic carbocycles. The highest BCUT2D eigenvalue weighted by atomic mass is 16.5. The van der Waals surface area contributed by atoms with Crippen molar-refractivity contribution in [3.05, 3.63) is 47.7 Å². The highest BCUT2D eigenvalue weighted by Crippen LogP contribution is 2.17. The van der Waals surface area contributed by atoms with Crippen molar-refractivity contribution in [3.8, 4) is 0 Å². The summed E-state index contributed by atoms with van der Waals surface area (Å²) in [5.41, 5.74) is 7.77. The Morgan fingerprint density at radius 2 is 2.00 bits per heavy atom. The number of piperidine rings is 1. The predicted octanol–water partition coefficient (Wildman–Crippen LogP) is 1.31. The molecule has 0 saturated carbocycles. The summed E-state index contributed by atoms with van der Waals surface area (Å²) in [5.74, 6) is 0.765. The molecule has 1 fully saturated rings. The molecule has 4 N–H and O–H groups in total. The summed E-state index contributed by atoms with van der Waals surface area (Å²) in [4.78, 5) is 18.9. The molecule has 1 aromatic rings. The molecule has 1 aromatic carbocycles. The van der Waals surface area contributed by atoms with E-state index in [2.05, 4.69) is 27.4 Å². The second-order valence-corrected chi connectivity index (χ2v) is 6.96. The van der Waals surface area contributed by atoms with E-state index < -0.39 is 6.35 Å². The predicted molar refractivity (Wildman–Crippen MR) is 106 cm³/mol. The minimum Gasteiger partial charge on any atom is -0.384 e. The van der Waals surface area contributed by atoms with E-state index in [1.165, 1.54) is 0 Å². The Morgan fingerprint density at radius 3 is 2.67 bits per heavy atom. The Morgan fingerprint density at radius 1 is 1.30 bits per heavy atom. The van der Waals surface area contributed by atoms with Gasteiger partial charge in [-0.15, -0.1) is 0 Å². The number of nitrogens with two attached hydrogens (primary N) is 1. The lowest BCUT2D eigenvalue weighted by Crippen LogP contribution is -2.40. The zero-order valence-electron chi connectivity index (χ0n) is 15.9. The van der Waals surface area contributed by atoms with Gasteiger partial charge in [-0.25, -0.2) is 4.99 Å². The number of rotatable bonds is 7. The first kappa shape index (κ1) is 19.4. The largest absolute Gasteiger partial charge is 0.384 e. The molecule has 27 heavy (non-hydrogen) atoms. The van der Waals surface area contributed by atoms with E-state index in [1.807, 2.05) is 24.3 Å². The zero-order valence-corrected chi connectivity index (χ0v) is 15.9. The molecule has 0 radical (unpaired) electrons. The summed E-state index contributed by atoms with van der Waals surface area (Å²) in [6.45, 7) is 6.27. The smallest absolute Gasteiger partial charge is 0.227 e. The SMILES string of the molecule is CCN1CCC(C(=O)NCc2ccc(COC3N=C(N)C=CN3)cc2)CC1. The van der Waals surface area contributed by atoms with Crippen LogP contribution >= 0.6 is 0 Å². The van der Waals surface area contributed by atoms with Crippen LogP contribution in [0.15, 0.2) is 41.5 Å². The third-order valence-corrected chi connectivity index (χ3v) is 5.06. The molecule has 3 rings (SSSR count). The first-order valence-electron chi connectivity index (χ1n) is 9.59. The molecule has 1 amide bonds. The van der Waals surface area contributed by atoms with Gasteiger partial charge in [-0.2, -0.15) is 0 Å². The van der Waals surface area contributed by atoms with Crippen LogP contribution < -0.4 is 16.4 Å². The number of amidine groups is 1. The molecule has 2 aliphatic rings. The van der Waals surface area contributed by atoms with Crippen molar-refractivity contribution in [2.24, 2.45) is 16.6 Å². The molecular formula is C20H29N5O2. The van der Waals surface area contributed by atoms with Gasteiger partial charge in [0.05, 0.1) is 6.61 Å². The van der Waals surface area contributed by atoms with Crippen LogP contribution in [0.2, 0.25) is 0 Å². The minimum atomic E-state index is -0.451. The topological polar surface area (TPSA) is 92.0 Å². The van der Waals surface area contributed by atoms with Gasteiger partial charge in [0.2, 0.25) is 12.3 Å². The number of carbonyl (C=O) groups is 1. The summed E-state index contributed by atoms with van der Waals surface area (Å²) in [5, 5.41) is 6.05. The molecule has 0 spiro atoms. The van der Waals surface area contributed by atoms with Crippen molar-refractivity contribution < 1.29 is 9.53 Å². The van der Waals surface area contributed by atoms with Crippen LogP contribution in [0.3, 0.4) is 0 Å². The quantitative estimate of drug-likeness (QED) is 0.672. The number of hydrogen-bond donors (Lipinski definition) is 3. The van der Waals surface area contributed by atoms with E-state index in [0.717, 1.165) is 43.6 Å². The van der Waals surface area contributed by atoms with Gasteiger partial charge in [0.15, 0.2) is 0 Å². The second-order valence-electron chi connectivity index (χ2n) is 6.96. The number of ether oxygens (including phenoxy) is 1. The fraction of sp³-hybridized carbons (Fsp3) is 0.500. The highest BCUT2D eigenvalue weighted by molar-refractivity contribution is 5.91. The Hall–Kier alpha value is -2.38. The zero-order chi connectivity index (χ0) is 19.1. The molecular weight excluding hydrogens is 342 g/mol. The van der Waals surface area contributed by atoms with Crippen LogP contribution in [0.4, 0.5) is 0 Å². The van der Waals surface area contributed by atoms with Crippen LogP contribution in [0.5, 0.6) is 0 Å². The van der Waals surface area contributed by atoms with Gasteiger partial charge < -0.3 is 26.0 Å². The molecule has 1 unspecified atom stereocenters. The first-order valence-corrected chi connectivity index (χ1v) is 9.59. The van der Waals surface area contributed by atoms with E-state index >= 15 is 0 Å². The molecule has 1 saturated heterocycles. The van der Waals surface area contributed by atoms with Crippen molar-refractivity contribution >= 4 is 11.7 Å². The van der Waals surface area contributed by atoms with Crippen molar-refractivity contribution in [2.45, 2.75) is 39.3 Å². The number of aliphatic imine (C=N–C) groups is 1. The van der Waals surface area contributed by atoms with Gasteiger partial charge in [-0.3, -0.25) is 4.79 Å². The van der Waals surface area contributed by atoms with E-state index in [0.29, 0.717) is 19.0 Å². The van der Waals surface area contributed by atoms with Crippen LogP contribution in [0, 0.1) is 5.92 Å². The van der Waals surface area contributed by atoms with Crippen molar-refractivity contribution in [1.82, 2.24) is 15.5 Å². The van der Waals surface area contributed by atoms with Gasteiger partial charge in [-0.1, -0.05) is 31.2 Å². The summed E-state index contributed by atoms with van der Waals surface area (Å²) >= 11 is 0. The van der Waals surface area contributed by atoms with Crippen molar-refractivity contribution in [2.75, 3.05) is 19.6 Å². The number of carbonyl (C=O) groups excluding carboxylic acids is 1. The molecule has 146 valence electrons. The highest BCUT2D eigenvalue weighted by Gasteiger charge is 2.23. The number of nitrogens with one attached hydrogen (secondary N) is 2. The first-order chi connectivity index (χ1) is 13.1. The van der Waals surface area contributed by atoms with Gasteiger partial charge in [-0.05, 0) is 49.7 Å². The monoisotopic (exact) mass is 371 g/mol. The molecule has 7 nitrogen and oxygen atoms in total. The maximum Gasteiger partial charge on any atom is 0.227 e. The lowest BCUT2D eigenvalue weighted by Gasteiger charge is -2.30. The number of benzene rings is 1. The Bertz CT molecular complexity index is 678. The lowest BCUT2D eigenvalue weighted by molar-refractivity contribution is -0.126. The van der Waals surface area contributed by atoms with Gasteiger partial charge in [0.25, 0.3) is 0 Å². The third kappa shape index (κ3) is 5.80. The summed E-state index contributed by atoms with van der Waals surface area (Å²) in [6.07, 6.45) is 4.87. The molecule has 0 aromatic heterocycles. The van der Waals surface area contributed by atoms with Crippen LogP contribution in [-0.2, 0) is 22.7 Å². The average molecular weight is 371 g/mol. The minimum absolute atomic E-state index is 0.144. The van der Waals surface area contributed by atoms with Gasteiger partial charge >= 0.3 is 0 Å². The van der Waals surface area contributed by atoms with E-state index in [4.69, 9.17) is 10.5 Å². The van der Waals surface area contributed by atoms with Crippen LogP contribution in [0.25, 0.3) is 0 Å². The molecule has 2 aliphatic heterocycles. The van der Waals surface area contributed by atoms with E-state index in [1.54, 1.807) is 12.3 Å². The number of likely N-dealkylation sites (tertiary alicyclic amines) is 1. The maximum atomic E-state index is 12.4. The number of hydrogen-bond acceptors (Lipinski definition) is 6. The Balaban J connectivity index is 1.40. The molecule has 7 heteroatoms.